The molecule has 6 heteroatoms. The smallest absolute Gasteiger partial charge is 0.242 e. The zero-order valence-corrected chi connectivity index (χ0v) is 13.3. The lowest BCUT2D eigenvalue weighted by molar-refractivity contribution is 0.273. The van der Waals surface area contributed by atoms with Gasteiger partial charge in [0.05, 0.1) is 18.6 Å². The Morgan fingerprint density at radius 2 is 2.00 bits per heavy atom. The first kappa shape index (κ1) is 16.9. The van der Waals surface area contributed by atoms with Gasteiger partial charge in [0.15, 0.2) is 0 Å². The molecule has 1 rings (SSSR count). The number of aliphatic hydroxyl groups excluding tert-OH is 1. The van der Waals surface area contributed by atoms with Crippen LogP contribution >= 0.6 is 0 Å². The molecule has 0 aliphatic carbocycles. The van der Waals surface area contributed by atoms with E-state index in [2.05, 4.69) is 13.8 Å². The number of rotatable bonds is 7. The van der Waals surface area contributed by atoms with Crippen molar-refractivity contribution in [2.75, 3.05) is 20.7 Å². The van der Waals surface area contributed by atoms with Crippen LogP contribution in [0.15, 0.2) is 23.1 Å². The first-order chi connectivity index (χ1) is 9.32. The third-order valence-corrected chi connectivity index (χ3v) is 5.00. The van der Waals surface area contributed by atoms with Crippen molar-refractivity contribution in [1.82, 2.24) is 4.31 Å². The van der Waals surface area contributed by atoms with E-state index in [1.54, 1.807) is 13.1 Å². The number of benzene rings is 1. The summed E-state index contributed by atoms with van der Waals surface area (Å²) in [5.41, 5.74) is 0.464. The monoisotopic (exact) mass is 301 g/mol. The molecule has 0 spiro atoms. The third kappa shape index (κ3) is 3.94. The molecular formula is C14H23NO4S. The van der Waals surface area contributed by atoms with E-state index in [0.29, 0.717) is 23.8 Å². The fourth-order valence-electron chi connectivity index (χ4n) is 1.78. The van der Waals surface area contributed by atoms with E-state index in [-0.39, 0.29) is 11.5 Å². The van der Waals surface area contributed by atoms with Crippen molar-refractivity contribution < 1.29 is 18.3 Å². The summed E-state index contributed by atoms with van der Waals surface area (Å²) < 4.78 is 31.2. The molecule has 114 valence electrons. The summed E-state index contributed by atoms with van der Waals surface area (Å²) in [6, 6.07) is 4.52. The number of nitrogens with zero attached hydrogens (tertiary/aromatic N) is 1. The van der Waals surface area contributed by atoms with Gasteiger partial charge in [-0.2, -0.15) is 0 Å². The van der Waals surface area contributed by atoms with Gasteiger partial charge in [0.2, 0.25) is 10.0 Å². The Balaban J connectivity index is 3.03. The summed E-state index contributed by atoms with van der Waals surface area (Å²) in [6.07, 6.45) is 0.804. The second-order valence-corrected chi connectivity index (χ2v) is 7.19. The van der Waals surface area contributed by atoms with Gasteiger partial charge in [0.25, 0.3) is 0 Å². The van der Waals surface area contributed by atoms with E-state index in [1.807, 2.05) is 0 Å². The topological polar surface area (TPSA) is 66.8 Å². The average molecular weight is 301 g/mol. The molecule has 0 saturated heterocycles. The van der Waals surface area contributed by atoms with Crippen molar-refractivity contribution in [3.8, 4) is 5.75 Å². The van der Waals surface area contributed by atoms with Crippen LogP contribution in [0.25, 0.3) is 0 Å². The maximum absolute atomic E-state index is 12.4. The number of ether oxygens (including phenoxy) is 1. The summed E-state index contributed by atoms with van der Waals surface area (Å²) in [5.74, 6) is 0.924. The van der Waals surface area contributed by atoms with Crippen molar-refractivity contribution in [2.24, 2.45) is 5.92 Å². The Morgan fingerprint density at radius 1 is 1.35 bits per heavy atom. The molecular weight excluding hydrogens is 278 g/mol. The van der Waals surface area contributed by atoms with Gasteiger partial charge in [-0.25, -0.2) is 12.7 Å². The van der Waals surface area contributed by atoms with Crippen molar-refractivity contribution in [1.29, 1.82) is 0 Å². The van der Waals surface area contributed by atoms with Crippen LogP contribution in [0.1, 0.15) is 25.8 Å². The molecule has 0 aliphatic heterocycles. The van der Waals surface area contributed by atoms with Gasteiger partial charge in [-0.1, -0.05) is 13.8 Å². The predicted octanol–water partition coefficient (Wildman–Crippen LogP) is 1.85. The maximum Gasteiger partial charge on any atom is 0.242 e. The lowest BCUT2D eigenvalue weighted by atomic mass is 10.1. The highest BCUT2D eigenvalue weighted by atomic mass is 32.2. The molecule has 0 amide bonds. The zero-order valence-electron chi connectivity index (χ0n) is 12.5. The molecule has 0 unspecified atom stereocenters. The quantitative estimate of drug-likeness (QED) is 0.834. The molecule has 1 aromatic rings. The molecule has 20 heavy (non-hydrogen) atoms. The standard InChI is InChI=1S/C14H23NO4S/c1-11(2)7-8-15(3)20(17,18)13-5-6-14(19-4)12(9-13)10-16/h5-6,9,11,16H,7-8,10H2,1-4H3. The molecule has 0 aliphatic rings. The van der Waals surface area contributed by atoms with E-state index in [0.717, 1.165) is 6.42 Å². The first-order valence-electron chi connectivity index (χ1n) is 6.57. The Labute approximate surface area is 121 Å². The fourth-order valence-corrected chi connectivity index (χ4v) is 3.02. The summed E-state index contributed by atoms with van der Waals surface area (Å²) in [7, 11) is -0.472. The van der Waals surface area contributed by atoms with Crippen LogP contribution in [-0.4, -0.2) is 38.5 Å². The minimum atomic E-state index is -3.53. The van der Waals surface area contributed by atoms with Crippen LogP contribution in [0.5, 0.6) is 5.75 Å². The van der Waals surface area contributed by atoms with E-state index in [1.165, 1.54) is 23.5 Å². The number of hydrogen-bond acceptors (Lipinski definition) is 4. The van der Waals surface area contributed by atoms with E-state index < -0.39 is 10.0 Å². The normalized spacial score (nSPS) is 12.2. The Hall–Kier alpha value is -1.11. The van der Waals surface area contributed by atoms with Gasteiger partial charge in [-0.15, -0.1) is 0 Å². The van der Waals surface area contributed by atoms with Gasteiger partial charge in [-0.3, -0.25) is 0 Å². The third-order valence-electron chi connectivity index (χ3n) is 3.15. The summed E-state index contributed by atoms with van der Waals surface area (Å²) in [6.45, 7) is 4.32. The molecule has 0 fully saturated rings. The first-order valence-corrected chi connectivity index (χ1v) is 8.01. The van der Waals surface area contributed by atoms with Gasteiger partial charge < -0.3 is 9.84 Å². The minimum Gasteiger partial charge on any atom is -0.496 e. The van der Waals surface area contributed by atoms with E-state index >= 15 is 0 Å². The van der Waals surface area contributed by atoms with Crippen molar-refractivity contribution in [3.05, 3.63) is 23.8 Å². The van der Waals surface area contributed by atoms with E-state index in [4.69, 9.17) is 4.74 Å². The highest BCUT2D eigenvalue weighted by Gasteiger charge is 2.21. The van der Waals surface area contributed by atoms with Crippen molar-refractivity contribution in [3.63, 3.8) is 0 Å². The molecule has 0 atom stereocenters. The highest BCUT2D eigenvalue weighted by molar-refractivity contribution is 7.89. The number of methoxy groups -OCH3 is 1. The molecule has 1 N–H and O–H groups in total. The van der Waals surface area contributed by atoms with Crippen LogP contribution in [0.3, 0.4) is 0 Å². The lowest BCUT2D eigenvalue weighted by Crippen LogP contribution is -2.28. The molecule has 1 aromatic carbocycles. The Bertz CT molecular complexity index is 540. The molecule has 0 aromatic heterocycles. The number of aliphatic hydroxyl groups is 1. The van der Waals surface area contributed by atoms with Crippen LogP contribution in [0, 0.1) is 5.92 Å². The molecule has 0 heterocycles. The van der Waals surface area contributed by atoms with Gasteiger partial charge in [0.1, 0.15) is 5.75 Å². The zero-order chi connectivity index (χ0) is 15.3. The molecule has 5 nitrogen and oxygen atoms in total. The largest absolute Gasteiger partial charge is 0.496 e. The van der Waals surface area contributed by atoms with Crippen LogP contribution in [-0.2, 0) is 16.6 Å². The van der Waals surface area contributed by atoms with Gasteiger partial charge >= 0.3 is 0 Å². The Kier molecular flexibility index (Phi) is 5.98. The SMILES string of the molecule is COc1ccc(S(=O)(=O)N(C)CCC(C)C)cc1CO. The maximum atomic E-state index is 12.4. The van der Waals surface area contributed by atoms with Crippen molar-refractivity contribution >= 4 is 10.0 Å². The average Bonchev–Trinajstić information content (AvgIpc) is 2.43. The van der Waals surface area contributed by atoms with Crippen molar-refractivity contribution in [2.45, 2.75) is 31.8 Å². The lowest BCUT2D eigenvalue weighted by Gasteiger charge is -2.19. The predicted molar refractivity (Wildman–Crippen MR) is 78.2 cm³/mol. The second kappa shape index (κ2) is 7.06. The van der Waals surface area contributed by atoms with Crippen LogP contribution < -0.4 is 4.74 Å². The van der Waals surface area contributed by atoms with Gasteiger partial charge in [0, 0.05) is 19.2 Å². The summed E-state index contributed by atoms with van der Waals surface area (Å²) >= 11 is 0. The summed E-state index contributed by atoms with van der Waals surface area (Å²) in [4.78, 5) is 0.175. The Morgan fingerprint density at radius 3 is 2.50 bits per heavy atom. The minimum absolute atomic E-state index is 0.175. The number of sulfonamides is 1. The van der Waals surface area contributed by atoms with E-state index in [9.17, 15) is 13.5 Å². The van der Waals surface area contributed by atoms with Crippen LogP contribution in [0.4, 0.5) is 0 Å². The van der Waals surface area contributed by atoms with Crippen LogP contribution in [0.2, 0.25) is 0 Å². The summed E-state index contributed by atoms with van der Waals surface area (Å²) in [5, 5.41) is 9.27. The second-order valence-electron chi connectivity index (χ2n) is 5.14. The number of hydrogen-bond donors (Lipinski definition) is 1. The highest BCUT2D eigenvalue weighted by Crippen LogP contribution is 2.24. The molecule has 0 bridgehead atoms. The van der Waals surface area contributed by atoms with Gasteiger partial charge in [-0.05, 0) is 30.5 Å². The molecule has 0 radical (unpaired) electrons. The molecule has 0 saturated carbocycles. The fraction of sp³-hybridized carbons (Fsp3) is 0.571.